The fourth-order valence-corrected chi connectivity index (χ4v) is 2.22. The summed E-state index contributed by atoms with van der Waals surface area (Å²) in [7, 11) is 2.16. The van der Waals surface area contributed by atoms with Crippen LogP contribution in [-0.2, 0) is 6.54 Å². The highest BCUT2D eigenvalue weighted by molar-refractivity contribution is 5.20. The van der Waals surface area contributed by atoms with Crippen LogP contribution in [0.1, 0.15) is 32.3 Å². The maximum Gasteiger partial charge on any atom is 0.213 e. The van der Waals surface area contributed by atoms with Crippen LogP contribution in [0.3, 0.4) is 0 Å². The standard InChI is InChI=1S/C15H25N3O/c1-12(2)17-11-13-4-7-16-15(10-13)19-14-5-8-18(3)9-6-14/h4,7,10,12,14,17H,5-6,8-9,11H2,1-3H3. The minimum absolute atomic E-state index is 0.317. The molecule has 19 heavy (non-hydrogen) atoms. The van der Waals surface area contributed by atoms with Gasteiger partial charge in [-0.2, -0.15) is 0 Å². The Morgan fingerprint density at radius 3 is 2.84 bits per heavy atom. The Morgan fingerprint density at radius 1 is 1.42 bits per heavy atom. The van der Waals surface area contributed by atoms with E-state index >= 15 is 0 Å². The second-order valence-corrected chi connectivity index (χ2v) is 5.66. The number of aromatic nitrogens is 1. The van der Waals surface area contributed by atoms with Crippen LogP contribution in [0.4, 0.5) is 0 Å². The van der Waals surface area contributed by atoms with Gasteiger partial charge in [0.25, 0.3) is 0 Å². The maximum absolute atomic E-state index is 5.99. The summed E-state index contributed by atoms with van der Waals surface area (Å²) in [6, 6.07) is 4.58. The first kappa shape index (κ1) is 14.3. The summed E-state index contributed by atoms with van der Waals surface area (Å²) in [5.74, 6) is 0.762. The lowest BCUT2D eigenvalue weighted by Gasteiger charge is -2.29. The number of piperidine rings is 1. The fraction of sp³-hybridized carbons (Fsp3) is 0.667. The van der Waals surface area contributed by atoms with Crippen molar-refractivity contribution in [2.45, 2.75) is 45.4 Å². The third-order valence-electron chi connectivity index (χ3n) is 3.47. The van der Waals surface area contributed by atoms with E-state index in [2.05, 4.69) is 36.1 Å². The number of likely N-dealkylation sites (tertiary alicyclic amines) is 1. The Morgan fingerprint density at radius 2 is 2.16 bits per heavy atom. The van der Waals surface area contributed by atoms with Gasteiger partial charge in [-0.1, -0.05) is 13.8 Å². The number of hydrogen-bond acceptors (Lipinski definition) is 4. The SMILES string of the molecule is CC(C)NCc1ccnc(OC2CCN(C)CC2)c1. The number of pyridine rings is 1. The summed E-state index contributed by atoms with van der Waals surface area (Å²) in [4.78, 5) is 6.66. The predicted molar refractivity (Wildman–Crippen MR) is 77.4 cm³/mol. The van der Waals surface area contributed by atoms with E-state index in [9.17, 15) is 0 Å². The van der Waals surface area contributed by atoms with E-state index in [1.165, 1.54) is 5.56 Å². The van der Waals surface area contributed by atoms with Crippen LogP contribution in [0.5, 0.6) is 5.88 Å². The van der Waals surface area contributed by atoms with Gasteiger partial charge in [0.05, 0.1) is 0 Å². The minimum Gasteiger partial charge on any atom is -0.474 e. The fourth-order valence-electron chi connectivity index (χ4n) is 2.22. The van der Waals surface area contributed by atoms with Crippen molar-refractivity contribution in [3.8, 4) is 5.88 Å². The molecular formula is C15H25N3O. The van der Waals surface area contributed by atoms with Crippen molar-refractivity contribution in [1.29, 1.82) is 0 Å². The van der Waals surface area contributed by atoms with Gasteiger partial charge in [-0.3, -0.25) is 0 Å². The molecule has 1 saturated heterocycles. The average molecular weight is 263 g/mol. The van der Waals surface area contributed by atoms with Gasteiger partial charge in [0, 0.05) is 37.9 Å². The number of nitrogens with one attached hydrogen (secondary N) is 1. The molecule has 0 bridgehead atoms. The zero-order chi connectivity index (χ0) is 13.7. The number of nitrogens with zero attached hydrogens (tertiary/aromatic N) is 2. The highest BCUT2D eigenvalue weighted by Gasteiger charge is 2.18. The third kappa shape index (κ3) is 4.80. The van der Waals surface area contributed by atoms with Crippen molar-refractivity contribution in [2.24, 2.45) is 0 Å². The van der Waals surface area contributed by atoms with Gasteiger partial charge in [-0.05, 0) is 31.5 Å². The molecule has 4 heteroatoms. The molecule has 0 radical (unpaired) electrons. The molecule has 0 spiro atoms. The molecule has 1 aromatic rings. The van der Waals surface area contributed by atoms with Crippen LogP contribution in [0.2, 0.25) is 0 Å². The molecule has 2 heterocycles. The Labute approximate surface area is 116 Å². The molecule has 1 aliphatic rings. The molecule has 0 amide bonds. The van der Waals surface area contributed by atoms with Crippen molar-refractivity contribution in [3.05, 3.63) is 23.9 Å². The first-order valence-electron chi connectivity index (χ1n) is 7.17. The van der Waals surface area contributed by atoms with Gasteiger partial charge in [-0.15, -0.1) is 0 Å². The first-order chi connectivity index (χ1) is 9.13. The van der Waals surface area contributed by atoms with Crippen LogP contribution < -0.4 is 10.1 Å². The Bertz CT molecular complexity index is 387. The summed E-state index contributed by atoms with van der Waals surface area (Å²) in [5.41, 5.74) is 1.23. The second-order valence-electron chi connectivity index (χ2n) is 5.66. The molecule has 0 aliphatic carbocycles. The molecule has 4 nitrogen and oxygen atoms in total. The predicted octanol–water partition coefficient (Wildman–Crippen LogP) is 2.05. The van der Waals surface area contributed by atoms with Gasteiger partial charge in [-0.25, -0.2) is 4.98 Å². The van der Waals surface area contributed by atoms with Crippen LogP contribution in [-0.4, -0.2) is 42.2 Å². The molecule has 1 aromatic heterocycles. The minimum atomic E-state index is 0.317. The lowest BCUT2D eigenvalue weighted by atomic mass is 10.1. The van der Waals surface area contributed by atoms with E-state index in [0.29, 0.717) is 12.1 Å². The average Bonchev–Trinajstić information content (AvgIpc) is 2.40. The van der Waals surface area contributed by atoms with Crippen molar-refractivity contribution >= 4 is 0 Å². The highest BCUT2D eigenvalue weighted by Crippen LogP contribution is 2.17. The number of hydrogen-bond donors (Lipinski definition) is 1. The van der Waals surface area contributed by atoms with Crippen molar-refractivity contribution < 1.29 is 4.74 Å². The van der Waals surface area contributed by atoms with Gasteiger partial charge in [0.1, 0.15) is 6.10 Å². The monoisotopic (exact) mass is 263 g/mol. The Kier molecular flexibility index (Phi) is 5.16. The molecular weight excluding hydrogens is 238 g/mol. The van der Waals surface area contributed by atoms with Gasteiger partial charge >= 0.3 is 0 Å². The normalized spacial score (nSPS) is 17.9. The highest BCUT2D eigenvalue weighted by atomic mass is 16.5. The topological polar surface area (TPSA) is 37.4 Å². The molecule has 1 aliphatic heterocycles. The smallest absolute Gasteiger partial charge is 0.213 e. The molecule has 0 saturated carbocycles. The van der Waals surface area contributed by atoms with Crippen LogP contribution in [0, 0.1) is 0 Å². The summed E-state index contributed by atoms with van der Waals surface area (Å²) < 4.78 is 5.99. The van der Waals surface area contributed by atoms with Crippen molar-refractivity contribution in [1.82, 2.24) is 15.2 Å². The lowest BCUT2D eigenvalue weighted by Crippen LogP contribution is -2.35. The summed E-state index contributed by atoms with van der Waals surface area (Å²) in [6.07, 6.45) is 4.33. The molecule has 0 aromatic carbocycles. The van der Waals surface area contributed by atoms with Crippen LogP contribution in [0.15, 0.2) is 18.3 Å². The molecule has 1 fully saturated rings. The van der Waals surface area contributed by atoms with E-state index < -0.39 is 0 Å². The largest absolute Gasteiger partial charge is 0.474 e. The summed E-state index contributed by atoms with van der Waals surface area (Å²) >= 11 is 0. The van der Waals surface area contributed by atoms with Gasteiger partial charge in [0.15, 0.2) is 0 Å². The molecule has 0 unspecified atom stereocenters. The molecule has 1 N–H and O–H groups in total. The lowest BCUT2D eigenvalue weighted by molar-refractivity contribution is 0.110. The van der Waals surface area contributed by atoms with E-state index in [4.69, 9.17) is 4.74 Å². The molecule has 106 valence electrons. The van der Waals surface area contributed by atoms with E-state index in [-0.39, 0.29) is 0 Å². The van der Waals surface area contributed by atoms with Crippen molar-refractivity contribution in [3.63, 3.8) is 0 Å². The third-order valence-corrected chi connectivity index (χ3v) is 3.47. The van der Waals surface area contributed by atoms with Gasteiger partial charge < -0.3 is 15.0 Å². The van der Waals surface area contributed by atoms with Crippen LogP contribution >= 0.6 is 0 Å². The van der Waals surface area contributed by atoms with Gasteiger partial charge in [0.2, 0.25) is 5.88 Å². The number of ether oxygens (including phenoxy) is 1. The maximum atomic E-state index is 5.99. The second kappa shape index (κ2) is 6.87. The summed E-state index contributed by atoms with van der Waals surface area (Å²) in [5, 5.41) is 3.41. The Balaban J connectivity index is 1.88. The van der Waals surface area contributed by atoms with E-state index in [1.54, 1.807) is 0 Å². The summed E-state index contributed by atoms with van der Waals surface area (Å²) in [6.45, 7) is 7.39. The van der Waals surface area contributed by atoms with E-state index in [0.717, 1.165) is 38.4 Å². The first-order valence-corrected chi connectivity index (χ1v) is 7.17. The molecule has 0 atom stereocenters. The quantitative estimate of drug-likeness (QED) is 0.882. The Hall–Kier alpha value is -1.13. The zero-order valence-electron chi connectivity index (χ0n) is 12.2. The number of rotatable bonds is 5. The van der Waals surface area contributed by atoms with Crippen LogP contribution in [0.25, 0.3) is 0 Å². The zero-order valence-corrected chi connectivity index (χ0v) is 12.2. The molecule has 2 rings (SSSR count). The van der Waals surface area contributed by atoms with Crippen molar-refractivity contribution in [2.75, 3.05) is 20.1 Å². The van der Waals surface area contributed by atoms with E-state index in [1.807, 2.05) is 18.3 Å².